The minimum atomic E-state index is -0.666. The Morgan fingerprint density at radius 2 is 1.83 bits per heavy atom. The second kappa shape index (κ2) is 4.12. The Bertz CT molecular complexity index is 507. The monoisotopic (exact) mass is 251 g/mol. The van der Waals surface area contributed by atoms with Crippen LogP contribution >= 0.6 is 0 Å². The summed E-state index contributed by atoms with van der Waals surface area (Å²) < 4.78 is 27.0. The number of Topliss-reactive ketones (excluding diaryl/α,β-unsaturated/α-hetero) is 1. The molecule has 1 aromatic carbocycles. The fraction of sp³-hybridized carbons (Fsp3) is 0.500. The molecule has 0 bridgehead atoms. The van der Waals surface area contributed by atoms with Crippen molar-refractivity contribution in [2.45, 2.75) is 25.7 Å². The lowest BCUT2D eigenvalue weighted by molar-refractivity contribution is 0.0831. The first kappa shape index (κ1) is 11.8. The molecular formula is C14H15F2NO. The molecule has 2 aliphatic rings. The molecule has 0 unspecified atom stereocenters. The summed E-state index contributed by atoms with van der Waals surface area (Å²) in [6.07, 6.45) is 2.75. The Balaban J connectivity index is 2.04. The molecule has 0 amide bonds. The van der Waals surface area contributed by atoms with Gasteiger partial charge in [0, 0.05) is 18.1 Å². The van der Waals surface area contributed by atoms with Crippen molar-refractivity contribution in [1.29, 1.82) is 0 Å². The lowest BCUT2D eigenvalue weighted by Crippen LogP contribution is -2.42. The van der Waals surface area contributed by atoms with Crippen LogP contribution in [0.25, 0.3) is 0 Å². The molecule has 1 N–H and O–H groups in total. The number of halogens is 2. The van der Waals surface area contributed by atoms with Crippen molar-refractivity contribution in [3.63, 3.8) is 0 Å². The molecule has 18 heavy (non-hydrogen) atoms. The van der Waals surface area contributed by atoms with Crippen molar-refractivity contribution < 1.29 is 13.6 Å². The molecule has 1 saturated heterocycles. The van der Waals surface area contributed by atoms with Crippen molar-refractivity contribution in [2.24, 2.45) is 5.41 Å². The van der Waals surface area contributed by atoms with E-state index >= 15 is 0 Å². The molecule has 1 heterocycles. The minimum Gasteiger partial charge on any atom is -0.317 e. The molecule has 96 valence electrons. The van der Waals surface area contributed by atoms with Gasteiger partial charge in [0.1, 0.15) is 11.6 Å². The van der Waals surface area contributed by atoms with Gasteiger partial charge >= 0.3 is 0 Å². The van der Waals surface area contributed by atoms with Crippen LogP contribution in [-0.4, -0.2) is 18.9 Å². The first-order valence-corrected chi connectivity index (χ1v) is 6.32. The summed E-state index contributed by atoms with van der Waals surface area (Å²) in [6.45, 7) is 1.73. The SMILES string of the molecule is O=C1CC2(CCNCC2)Cc2c(F)cc(F)cc21. The summed E-state index contributed by atoms with van der Waals surface area (Å²) in [4.78, 5) is 12.1. The van der Waals surface area contributed by atoms with Gasteiger partial charge in [-0.05, 0) is 49.4 Å². The topological polar surface area (TPSA) is 29.1 Å². The maximum atomic E-state index is 13.8. The van der Waals surface area contributed by atoms with Crippen LogP contribution in [0, 0.1) is 17.0 Å². The van der Waals surface area contributed by atoms with Crippen molar-refractivity contribution in [1.82, 2.24) is 5.32 Å². The van der Waals surface area contributed by atoms with E-state index in [1.54, 1.807) is 0 Å². The molecule has 1 aliphatic heterocycles. The van der Waals surface area contributed by atoms with Gasteiger partial charge in [0.2, 0.25) is 0 Å². The number of piperidine rings is 1. The van der Waals surface area contributed by atoms with E-state index in [4.69, 9.17) is 0 Å². The molecule has 2 nitrogen and oxygen atoms in total. The van der Waals surface area contributed by atoms with Gasteiger partial charge in [0.15, 0.2) is 5.78 Å². The lowest BCUT2D eigenvalue weighted by atomic mass is 9.66. The number of carbonyl (C=O) groups excluding carboxylic acids is 1. The molecular weight excluding hydrogens is 236 g/mol. The second-order valence-corrected chi connectivity index (χ2v) is 5.44. The predicted molar refractivity (Wildman–Crippen MR) is 63.5 cm³/mol. The Hall–Kier alpha value is -1.29. The highest BCUT2D eigenvalue weighted by Crippen LogP contribution is 2.42. The molecule has 0 radical (unpaired) electrons. The van der Waals surface area contributed by atoms with Crippen LogP contribution in [0.5, 0.6) is 0 Å². The standard InChI is InChI=1S/C14H15F2NO/c15-9-5-10-11(12(16)6-9)7-14(8-13(10)18)1-3-17-4-2-14/h5-6,17H,1-4,7-8H2. The molecule has 0 atom stereocenters. The smallest absolute Gasteiger partial charge is 0.163 e. The Labute approximate surface area is 104 Å². The highest BCUT2D eigenvalue weighted by atomic mass is 19.1. The van der Waals surface area contributed by atoms with Crippen LogP contribution in [0.15, 0.2) is 12.1 Å². The highest BCUT2D eigenvalue weighted by Gasteiger charge is 2.40. The van der Waals surface area contributed by atoms with Gasteiger partial charge < -0.3 is 5.32 Å². The molecule has 4 heteroatoms. The number of rotatable bonds is 0. The van der Waals surface area contributed by atoms with Gasteiger partial charge in [-0.1, -0.05) is 0 Å². The normalized spacial score (nSPS) is 22.0. The zero-order valence-electron chi connectivity index (χ0n) is 10.1. The van der Waals surface area contributed by atoms with Crippen LogP contribution in [0.4, 0.5) is 8.78 Å². The second-order valence-electron chi connectivity index (χ2n) is 5.44. The number of hydrogen-bond donors (Lipinski definition) is 1. The van der Waals surface area contributed by atoms with Crippen LogP contribution in [0.3, 0.4) is 0 Å². The number of ketones is 1. The summed E-state index contributed by atoms with van der Waals surface area (Å²) >= 11 is 0. The average molecular weight is 251 g/mol. The fourth-order valence-electron chi connectivity index (χ4n) is 3.22. The Kier molecular flexibility index (Phi) is 2.70. The molecule has 1 aliphatic carbocycles. The van der Waals surface area contributed by atoms with E-state index in [-0.39, 0.29) is 16.8 Å². The molecule has 1 aromatic rings. The first-order valence-electron chi connectivity index (χ1n) is 6.32. The highest BCUT2D eigenvalue weighted by molar-refractivity contribution is 5.99. The number of fused-ring (bicyclic) bond motifs is 1. The molecule has 1 fully saturated rings. The van der Waals surface area contributed by atoms with E-state index in [1.165, 1.54) is 6.07 Å². The molecule has 3 rings (SSSR count). The largest absolute Gasteiger partial charge is 0.317 e. The first-order chi connectivity index (χ1) is 8.60. The fourth-order valence-corrected chi connectivity index (χ4v) is 3.22. The number of hydrogen-bond acceptors (Lipinski definition) is 2. The Morgan fingerprint density at radius 3 is 2.56 bits per heavy atom. The third-order valence-electron chi connectivity index (χ3n) is 4.21. The minimum absolute atomic E-state index is 0.114. The van der Waals surface area contributed by atoms with E-state index in [0.717, 1.165) is 32.0 Å². The van der Waals surface area contributed by atoms with Crippen LogP contribution in [0.2, 0.25) is 0 Å². The van der Waals surface area contributed by atoms with Gasteiger partial charge in [0.05, 0.1) is 0 Å². The molecule has 0 aromatic heterocycles. The quantitative estimate of drug-likeness (QED) is 0.767. The van der Waals surface area contributed by atoms with Crippen molar-refractivity contribution in [3.05, 3.63) is 34.9 Å². The number of nitrogens with one attached hydrogen (secondary N) is 1. The zero-order valence-corrected chi connectivity index (χ0v) is 10.1. The summed E-state index contributed by atoms with van der Waals surface area (Å²) in [7, 11) is 0. The van der Waals surface area contributed by atoms with Gasteiger partial charge in [-0.2, -0.15) is 0 Å². The molecule has 1 spiro atoms. The molecule has 0 saturated carbocycles. The summed E-state index contributed by atoms with van der Waals surface area (Å²) in [5.74, 6) is -1.35. The van der Waals surface area contributed by atoms with Crippen molar-refractivity contribution >= 4 is 5.78 Å². The zero-order chi connectivity index (χ0) is 12.8. The number of benzene rings is 1. The van der Waals surface area contributed by atoms with Crippen LogP contribution in [0.1, 0.15) is 35.2 Å². The van der Waals surface area contributed by atoms with Gasteiger partial charge in [0.25, 0.3) is 0 Å². The van der Waals surface area contributed by atoms with Crippen molar-refractivity contribution in [3.8, 4) is 0 Å². The van der Waals surface area contributed by atoms with E-state index < -0.39 is 11.6 Å². The lowest BCUT2D eigenvalue weighted by Gasteiger charge is -2.40. The van der Waals surface area contributed by atoms with E-state index in [1.807, 2.05) is 0 Å². The maximum Gasteiger partial charge on any atom is 0.163 e. The van der Waals surface area contributed by atoms with Crippen molar-refractivity contribution in [2.75, 3.05) is 13.1 Å². The maximum absolute atomic E-state index is 13.8. The van der Waals surface area contributed by atoms with E-state index in [0.29, 0.717) is 18.4 Å². The van der Waals surface area contributed by atoms with Crippen LogP contribution < -0.4 is 5.32 Å². The van der Waals surface area contributed by atoms with Gasteiger partial charge in [-0.15, -0.1) is 0 Å². The summed E-state index contributed by atoms with van der Waals surface area (Å²) in [5.41, 5.74) is 0.541. The van der Waals surface area contributed by atoms with Crippen LogP contribution in [-0.2, 0) is 6.42 Å². The Morgan fingerprint density at radius 1 is 1.11 bits per heavy atom. The van der Waals surface area contributed by atoms with E-state index in [9.17, 15) is 13.6 Å². The summed E-state index contributed by atoms with van der Waals surface area (Å²) in [6, 6.07) is 2.06. The summed E-state index contributed by atoms with van der Waals surface area (Å²) in [5, 5.41) is 3.25. The third kappa shape index (κ3) is 1.85. The average Bonchev–Trinajstić information content (AvgIpc) is 2.32. The number of carbonyl (C=O) groups is 1. The van der Waals surface area contributed by atoms with E-state index in [2.05, 4.69) is 5.32 Å². The van der Waals surface area contributed by atoms with Gasteiger partial charge in [-0.3, -0.25) is 4.79 Å². The third-order valence-corrected chi connectivity index (χ3v) is 4.21. The predicted octanol–water partition coefficient (Wildman–Crippen LogP) is 2.46. The van der Waals surface area contributed by atoms with Gasteiger partial charge in [-0.25, -0.2) is 8.78 Å².